The molecule has 1 aromatic rings. The van der Waals surface area contributed by atoms with Crippen molar-refractivity contribution in [1.29, 1.82) is 0 Å². The maximum absolute atomic E-state index is 9.64. The van der Waals surface area contributed by atoms with Crippen molar-refractivity contribution in [3.8, 4) is 11.5 Å². The molecule has 0 fully saturated rings. The second kappa shape index (κ2) is 4.83. The van der Waals surface area contributed by atoms with Gasteiger partial charge in [-0.1, -0.05) is 0 Å². The quantitative estimate of drug-likeness (QED) is 0.663. The molecular formula is C10H15NO3. The lowest BCUT2D eigenvalue weighted by Crippen LogP contribution is -2.16. The Morgan fingerprint density at radius 1 is 1.50 bits per heavy atom. The predicted octanol–water partition coefficient (Wildman–Crippen LogP) is 0.654. The number of hydrogen-bond acceptors (Lipinski definition) is 4. The Bertz CT molecular complexity index is 301. The first-order valence-corrected chi connectivity index (χ1v) is 4.38. The van der Waals surface area contributed by atoms with Crippen molar-refractivity contribution in [3.05, 3.63) is 23.8 Å². The number of rotatable bonds is 4. The van der Waals surface area contributed by atoms with Crippen LogP contribution in [0.4, 0.5) is 0 Å². The fourth-order valence-corrected chi connectivity index (χ4v) is 1.23. The fourth-order valence-electron chi connectivity index (χ4n) is 1.23. The van der Waals surface area contributed by atoms with Gasteiger partial charge in [0.25, 0.3) is 0 Å². The van der Waals surface area contributed by atoms with Crippen molar-refractivity contribution in [1.82, 2.24) is 5.32 Å². The minimum absolute atomic E-state index is 0.0774. The number of benzene rings is 1. The SMILES string of the molecule is CNC[C@@H](O)c1cc(OC)ccc1O. The molecule has 0 aliphatic carbocycles. The lowest BCUT2D eigenvalue weighted by molar-refractivity contribution is 0.173. The number of ether oxygens (including phenoxy) is 1. The summed E-state index contributed by atoms with van der Waals surface area (Å²) in [5.74, 6) is 0.696. The summed E-state index contributed by atoms with van der Waals surface area (Å²) < 4.78 is 5.00. The molecule has 0 aliphatic heterocycles. The number of aliphatic hydroxyl groups is 1. The molecule has 0 amide bonds. The standard InChI is InChI=1S/C10H15NO3/c1-11-6-10(13)8-5-7(14-2)3-4-9(8)12/h3-5,10-13H,6H2,1-2H3/t10-/m1/s1. The fraction of sp³-hybridized carbons (Fsp3) is 0.400. The molecule has 0 saturated carbocycles. The van der Waals surface area contributed by atoms with Gasteiger partial charge in [-0.3, -0.25) is 0 Å². The Morgan fingerprint density at radius 2 is 2.21 bits per heavy atom. The van der Waals surface area contributed by atoms with Crippen molar-refractivity contribution < 1.29 is 14.9 Å². The van der Waals surface area contributed by atoms with E-state index in [0.717, 1.165) is 0 Å². The second-order valence-electron chi connectivity index (χ2n) is 3.00. The van der Waals surface area contributed by atoms with Crippen molar-refractivity contribution >= 4 is 0 Å². The van der Waals surface area contributed by atoms with E-state index in [1.807, 2.05) is 0 Å². The average Bonchev–Trinajstić information content (AvgIpc) is 2.19. The molecule has 0 radical (unpaired) electrons. The van der Waals surface area contributed by atoms with Gasteiger partial charge in [-0.15, -0.1) is 0 Å². The van der Waals surface area contributed by atoms with Crippen molar-refractivity contribution in [3.63, 3.8) is 0 Å². The third-order valence-corrected chi connectivity index (χ3v) is 1.99. The summed E-state index contributed by atoms with van der Waals surface area (Å²) in [7, 11) is 3.28. The topological polar surface area (TPSA) is 61.7 Å². The van der Waals surface area contributed by atoms with Crippen LogP contribution in [0, 0.1) is 0 Å². The molecule has 0 bridgehead atoms. The summed E-state index contributed by atoms with van der Waals surface area (Å²) in [5.41, 5.74) is 0.471. The monoisotopic (exact) mass is 197 g/mol. The zero-order chi connectivity index (χ0) is 10.6. The molecule has 0 aromatic heterocycles. The molecule has 0 spiro atoms. The lowest BCUT2D eigenvalue weighted by atomic mass is 10.1. The van der Waals surface area contributed by atoms with Crippen LogP contribution in [0.2, 0.25) is 0 Å². The average molecular weight is 197 g/mol. The molecule has 1 aromatic carbocycles. The number of aromatic hydroxyl groups is 1. The van der Waals surface area contributed by atoms with Crippen LogP contribution in [-0.4, -0.2) is 30.9 Å². The predicted molar refractivity (Wildman–Crippen MR) is 53.5 cm³/mol. The van der Waals surface area contributed by atoms with E-state index in [4.69, 9.17) is 4.74 Å². The Balaban J connectivity index is 2.93. The minimum atomic E-state index is -0.727. The largest absolute Gasteiger partial charge is 0.508 e. The van der Waals surface area contributed by atoms with Gasteiger partial charge in [0.1, 0.15) is 11.5 Å². The number of methoxy groups -OCH3 is 1. The van der Waals surface area contributed by atoms with Gasteiger partial charge in [-0.2, -0.15) is 0 Å². The molecule has 1 rings (SSSR count). The summed E-state index contributed by atoms with van der Waals surface area (Å²) in [5, 5.41) is 22.0. The van der Waals surface area contributed by atoms with E-state index in [1.165, 1.54) is 6.07 Å². The molecular weight excluding hydrogens is 182 g/mol. The Labute approximate surface area is 83.1 Å². The number of phenolic OH excluding ortho intramolecular Hbond substituents is 1. The molecule has 0 saturated heterocycles. The Kier molecular flexibility index (Phi) is 3.73. The molecule has 3 N–H and O–H groups in total. The smallest absolute Gasteiger partial charge is 0.121 e. The van der Waals surface area contributed by atoms with E-state index < -0.39 is 6.10 Å². The van der Waals surface area contributed by atoms with E-state index in [0.29, 0.717) is 17.9 Å². The van der Waals surface area contributed by atoms with Gasteiger partial charge in [0.05, 0.1) is 13.2 Å². The third-order valence-electron chi connectivity index (χ3n) is 1.99. The van der Waals surface area contributed by atoms with Crippen LogP contribution in [0.15, 0.2) is 18.2 Å². The minimum Gasteiger partial charge on any atom is -0.508 e. The lowest BCUT2D eigenvalue weighted by Gasteiger charge is -2.13. The molecule has 0 aliphatic rings. The zero-order valence-corrected chi connectivity index (χ0v) is 8.32. The summed E-state index contributed by atoms with van der Waals surface area (Å²) >= 11 is 0. The first-order chi connectivity index (χ1) is 6.69. The summed E-state index contributed by atoms with van der Waals surface area (Å²) in [6.07, 6.45) is -0.727. The van der Waals surface area contributed by atoms with E-state index in [1.54, 1.807) is 26.3 Å². The van der Waals surface area contributed by atoms with Crippen LogP contribution >= 0.6 is 0 Å². The van der Waals surface area contributed by atoms with E-state index in [9.17, 15) is 10.2 Å². The normalized spacial score (nSPS) is 12.5. The molecule has 1 atom stereocenters. The molecule has 4 heteroatoms. The van der Waals surface area contributed by atoms with Crippen molar-refractivity contribution in [2.45, 2.75) is 6.10 Å². The van der Waals surface area contributed by atoms with Gasteiger partial charge < -0.3 is 20.3 Å². The zero-order valence-electron chi connectivity index (χ0n) is 8.32. The third kappa shape index (κ3) is 2.37. The first kappa shape index (κ1) is 10.8. The van der Waals surface area contributed by atoms with Gasteiger partial charge >= 0.3 is 0 Å². The molecule has 0 heterocycles. The van der Waals surface area contributed by atoms with Crippen LogP contribution in [-0.2, 0) is 0 Å². The summed E-state index contributed by atoms with van der Waals surface area (Å²) in [4.78, 5) is 0. The maximum atomic E-state index is 9.64. The number of hydrogen-bond donors (Lipinski definition) is 3. The van der Waals surface area contributed by atoms with Gasteiger partial charge in [0.15, 0.2) is 0 Å². The highest BCUT2D eigenvalue weighted by Gasteiger charge is 2.12. The second-order valence-corrected chi connectivity index (χ2v) is 3.00. The van der Waals surface area contributed by atoms with Crippen LogP contribution in [0.25, 0.3) is 0 Å². The molecule has 14 heavy (non-hydrogen) atoms. The van der Waals surface area contributed by atoms with Crippen LogP contribution < -0.4 is 10.1 Å². The molecule has 4 nitrogen and oxygen atoms in total. The van der Waals surface area contributed by atoms with Gasteiger partial charge in [-0.05, 0) is 25.2 Å². The Hall–Kier alpha value is -1.26. The number of nitrogens with one attached hydrogen (secondary N) is 1. The first-order valence-electron chi connectivity index (χ1n) is 4.38. The summed E-state index contributed by atoms with van der Waals surface area (Å²) in [6, 6.07) is 4.77. The highest BCUT2D eigenvalue weighted by molar-refractivity contribution is 5.40. The maximum Gasteiger partial charge on any atom is 0.121 e. The number of likely N-dealkylation sites (N-methyl/N-ethyl adjacent to an activating group) is 1. The van der Waals surface area contributed by atoms with Gasteiger partial charge in [0, 0.05) is 12.1 Å². The highest BCUT2D eigenvalue weighted by Crippen LogP contribution is 2.27. The summed E-state index contributed by atoms with van der Waals surface area (Å²) in [6.45, 7) is 0.390. The molecule has 0 unspecified atom stereocenters. The van der Waals surface area contributed by atoms with Crippen LogP contribution in [0.3, 0.4) is 0 Å². The van der Waals surface area contributed by atoms with Crippen molar-refractivity contribution in [2.24, 2.45) is 0 Å². The van der Waals surface area contributed by atoms with Crippen LogP contribution in [0.1, 0.15) is 11.7 Å². The van der Waals surface area contributed by atoms with Crippen molar-refractivity contribution in [2.75, 3.05) is 20.7 Å². The number of phenols is 1. The van der Waals surface area contributed by atoms with E-state index in [2.05, 4.69) is 5.32 Å². The Morgan fingerprint density at radius 3 is 2.79 bits per heavy atom. The van der Waals surface area contributed by atoms with Crippen LogP contribution in [0.5, 0.6) is 11.5 Å². The molecule has 78 valence electrons. The highest BCUT2D eigenvalue weighted by atomic mass is 16.5. The number of aliphatic hydroxyl groups excluding tert-OH is 1. The van der Waals surface area contributed by atoms with E-state index in [-0.39, 0.29) is 5.75 Å². The van der Waals surface area contributed by atoms with Gasteiger partial charge in [0.2, 0.25) is 0 Å². The van der Waals surface area contributed by atoms with Gasteiger partial charge in [-0.25, -0.2) is 0 Å². The van der Waals surface area contributed by atoms with E-state index >= 15 is 0 Å².